The fourth-order valence-corrected chi connectivity index (χ4v) is 4.82. The van der Waals surface area contributed by atoms with Gasteiger partial charge in [-0.2, -0.15) is 0 Å². The molecule has 0 spiro atoms. The van der Waals surface area contributed by atoms with Crippen LogP contribution in [0.5, 0.6) is 0 Å². The van der Waals surface area contributed by atoms with E-state index in [0.717, 1.165) is 0 Å². The predicted molar refractivity (Wildman–Crippen MR) is 113 cm³/mol. The van der Waals surface area contributed by atoms with E-state index in [1.807, 2.05) is 0 Å². The van der Waals surface area contributed by atoms with E-state index >= 15 is 26.3 Å². The maximum atomic E-state index is 15.4. The third-order valence-electron chi connectivity index (χ3n) is 6.88. The molecular formula is C24H7BF15O4-. The highest BCUT2D eigenvalue weighted by Gasteiger charge is 2.59. The third kappa shape index (κ3) is 4.09. The van der Waals surface area contributed by atoms with Crippen LogP contribution in [-0.2, 0) is 19.0 Å². The van der Waals surface area contributed by atoms with Gasteiger partial charge in [0.2, 0.25) is 12.1 Å². The maximum Gasteiger partial charge on any atom is 0.342 e. The maximum absolute atomic E-state index is 15.4. The van der Waals surface area contributed by atoms with Gasteiger partial charge in [-0.1, -0.05) is 16.4 Å². The SMILES string of the molecule is C[C@H]1OC(=O)[C@@](C)(O[B-](c2c(F)c(F)c(F)c(F)c2F)(c2c(F)c(F)c(F)c(F)c2F)c2c(F)c(F)c(F)c(F)c2F)C1=O. The van der Waals surface area contributed by atoms with E-state index in [4.69, 9.17) is 4.65 Å². The molecule has 1 fully saturated rings. The van der Waals surface area contributed by atoms with Crippen molar-refractivity contribution in [2.45, 2.75) is 25.6 Å². The molecule has 3 aromatic rings. The number of halogens is 15. The van der Waals surface area contributed by atoms with Gasteiger partial charge < -0.3 is 9.39 Å². The normalized spacial score (nSPS) is 18.8. The summed E-state index contributed by atoms with van der Waals surface area (Å²) in [6, 6.07) is 0. The van der Waals surface area contributed by atoms with Gasteiger partial charge in [0.25, 0.3) is 0 Å². The van der Waals surface area contributed by atoms with E-state index in [2.05, 4.69) is 4.74 Å². The van der Waals surface area contributed by atoms with Crippen molar-refractivity contribution in [2.75, 3.05) is 0 Å². The Kier molecular flexibility index (Phi) is 7.76. The Balaban J connectivity index is 2.49. The van der Waals surface area contributed by atoms with Crippen molar-refractivity contribution in [2.24, 2.45) is 0 Å². The van der Waals surface area contributed by atoms with Crippen LogP contribution in [0.4, 0.5) is 65.9 Å². The van der Waals surface area contributed by atoms with Crippen molar-refractivity contribution >= 4 is 34.5 Å². The lowest BCUT2D eigenvalue weighted by Gasteiger charge is -2.48. The molecule has 236 valence electrons. The van der Waals surface area contributed by atoms with E-state index in [1.54, 1.807) is 0 Å². The molecule has 0 saturated carbocycles. The monoisotopic (exact) mass is 655 g/mol. The Morgan fingerprint density at radius 2 is 0.727 bits per heavy atom. The molecule has 20 heteroatoms. The summed E-state index contributed by atoms with van der Waals surface area (Å²) in [4.78, 5) is 25.5. The molecule has 2 atom stereocenters. The van der Waals surface area contributed by atoms with Crippen LogP contribution in [0.3, 0.4) is 0 Å². The van der Waals surface area contributed by atoms with Crippen LogP contribution in [0.1, 0.15) is 13.8 Å². The summed E-state index contributed by atoms with van der Waals surface area (Å²) in [6.45, 7) is 0.806. The molecule has 0 bridgehead atoms. The van der Waals surface area contributed by atoms with E-state index in [1.165, 1.54) is 0 Å². The van der Waals surface area contributed by atoms with Crippen LogP contribution in [-0.4, -0.2) is 29.8 Å². The Labute approximate surface area is 232 Å². The number of ether oxygens (including phenoxy) is 1. The van der Waals surface area contributed by atoms with Gasteiger partial charge in [-0.15, -0.1) is 0 Å². The largest absolute Gasteiger partial charge is 0.560 e. The first kappa shape index (κ1) is 32.7. The van der Waals surface area contributed by atoms with Crippen molar-refractivity contribution in [3.63, 3.8) is 0 Å². The predicted octanol–water partition coefficient (Wildman–Crippen LogP) is 4.03. The Morgan fingerprint density at radius 3 is 0.932 bits per heavy atom. The second-order valence-electron chi connectivity index (χ2n) is 9.30. The highest BCUT2D eigenvalue weighted by atomic mass is 19.2. The molecule has 4 rings (SSSR count). The lowest BCUT2D eigenvalue weighted by atomic mass is 9.27. The number of rotatable bonds is 5. The number of hydrogen-bond acceptors (Lipinski definition) is 4. The minimum atomic E-state index is -6.58. The number of hydrogen-bond donors (Lipinski definition) is 0. The zero-order valence-electron chi connectivity index (χ0n) is 21.0. The van der Waals surface area contributed by atoms with Crippen molar-refractivity contribution in [1.29, 1.82) is 0 Å². The molecule has 0 radical (unpaired) electrons. The number of esters is 1. The molecule has 0 amide bonds. The van der Waals surface area contributed by atoms with Gasteiger partial charge in [0.1, 0.15) is 34.9 Å². The fourth-order valence-electron chi connectivity index (χ4n) is 4.82. The van der Waals surface area contributed by atoms with Gasteiger partial charge in [0.05, 0.1) is 0 Å². The average molecular weight is 655 g/mol. The molecule has 0 aliphatic carbocycles. The van der Waals surface area contributed by atoms with Gasteiger partial charge in [0, 0.05) is 0 Å². The summed E-state index contributed by atoms with van der Waals surface area (Å²) in [5, 5.41) is 0. The molecular weight excluding hydrogens is 648 g/mol. The zero-order chi connectivity index (χ0) is 33.5. The molecule has 1 heterocycles. The molecule has 44 heavy (non-hydrogen) atoms. The first-order valence-electron chi connectivity index (χ1n) is 11.4. The van der Waals surface area contributed by atoms with Crippen LogP contribution in [0.15, 0.2) is 0 Å². The van der Waals surface area contributed by atoms with Crippen molar-refractivity contribution in [3.05, 3.63) is 87.3 Å². The van der Waals surface area contributed by atoms with Gasteiger partial charge >= 0.3 is 5.97 Å². The topological polar surface area (TPSA) is 52.6 Å². The smallest absolute Gasteiger partial charge is 0.342 e. The van der Waals surface area contributed by atoms with Crippen LogP contribution in [0, 0.1) is 87.3 Å². The summed E-state index contributed by atoms with van der Waals surface area (Å²) in [5.41, 5.74) is -13.2. The van der Waals surface area contributed by atoms with Crippen LogP contribution in [0.25, 0.3) is 0 Å². The summed E-state index contributed by atoms with van der Waals surface area (Å²) >= 11 is 0. The van der Waals surface area contributed by atoms with Crippen LogP contribution in [0.2, 0.25) is 0 Å². The molecule has 4 nitrogen and oxygen atoms in total. The second kappa shape index (κ2) is 10.4. The summed E-state index contributed by atoms with van der Waals surface area (Å²) in [7, 11) is 0. The van der Waals surface area contributed by atoms with E-state index in [0.29, 0.717) is 6.92 Å². The van der Waals surface area contributed by atoms with E-state index < -0.39 is 133 Å². The fraction of sp³-hybridized carbons (Fsp3) is 0.167. The van der Waals surface area contributed by atoms with Crippen LogP contribution < -0.4 is 16.4 Å². The van der Waals surface area contributed by atoms with E-state index in [9.17, 15) is 49.1 Å². The Hall–Kier alpha value is -4.23. The lowest BCUT2D eigenvalue weighted by molar-refractivity contribution is -0.152. The molecule has 0 unspecified atom stereocenters. The first-order chi connectivity index (χ1) is 20.2. The quantitative estimate of drug-likeness (QED) is 0.104. The minimum Gasteiger partial charge on any atom is -0.560 e. The van der Waals surface area contributed by atoms with Gasteiger partial charge in [-0.3, -0.25) is 4.79 Å². The summed E-state index contributed by atoms with van der Waals surface area (Å²) in [5.74, 6) is -53.2. The third-order valence-corrected chi connectivity index (χ3v) is 6.88. The van der Waals surface area contributed by atoms with Crippen molar-refractivity contribution in [1.82, 2.24) is 0 Å². The number of carbonyl (C=O) groups excluding carboxylic acids is 2. The zero-order valence-corrected chi connectivity index (χ0v) is 21.0. The van der Waals surface area contributed by atoms with Crippen molar-refractivity contribution < 1.29 is 84.8 Å². The number of benzene rings is 3. The molecule has 1 aliphatic heterocycles. The second-order valence-corrected chi connectivity index (χ2v) is 9.30. The molecule has 0 N–H and O–H groups in total. The summed E-state index contributed by atoms with van der Waals surface area (Å²) < 4.78 is 231. The molecule has 1 aliphatic rings. The minimum absolute atomic E-state index is 0.113. The Morgan fingerprint density at radius 1 is 0.500 bits per heavy atom. The lowest BCUT2D eigenvalue weighted by Crippen LogP contribution is -2.78. The number of cyclic esters (lactones) is 1. The highest BCUT2D eigenvalue weighted by Crippen LogP contribution is 2.34. The molecule has 3 aromatic carbocycles. The van der Waals surface area contributed by atoms with Crippen LogP contribution >= 0.6 is 0 Å². The highest BCUT2D eigenvalue weighted by molar-refractivity contribution is 7.07. The van der Waals surface area contributed by atoms with Gasteiger partial charge in [0.15, 0.2) is 64.1 Å². The van der Waals surface area contributed by atoms with E-state index in [-0.39, 0.29) is 6.92 Å². The number of Topliss-reactive ketones (excluding diaryl/α,β-unsaturated/α-hetero) is 1. The molecule has 1 saturated heterocycles. The Bertz CT molecular complexity index is 1560. The number of carbonyl (C=O) groups is 2. The average Bonchev–Trinajstić information content (AvgIpc) is 3.16. The molecule has 0 aromatic heterocycles. The van der Waals surface area contributed by atoms with Gasteiger partial charge in [-0.25, -0.2) is 70.7 Å². The summed E-state index contributed by atoms with van der Waals surface area (Å²) in [6.07, 6.45) is -8.65. The first-order valence-corrected chi connectivity index (χ1v) is 11.4. The standard InChI is InChI=1S/C24H7BF15O4/c1-3-22(41)24(2,23(42)43-3)44-25(4-7(26)13(32)19(38)14(33)8(4)27,5-9(28)15(34)20(39)16(35)10(5)29)6-11(30)17(36)21(40)18(37)12(6)31/h3H,1-2H3/q-1/t3-,24+/m1/s1. The van der Waals surface area contributed by atoms with Crippen molar-refractivity contribution in [3.8, 4) is 0 Å². The van der Waals surface area contributed by atoms with Gasteiger partial charge in [-0.05, 0) is 13.8 Å². The number of ketones is 1.